The van der Waals surface area contributed by atoms with Gasteiger partial charge < -0.3 is 5.73 Å². The first-order valence-electron chi connectivity index (χ1n) is 6.61. The number of benzene rings is 1. The third kappa shape index (κ3) is 1.83. The Labute approximate surface area is 113 Å². The van der Waals surface area contributed by atoms with Crippen molar-refractivity contribution in [3.63, 3.8) is 0 Å². The molecule has 0 bridgehead atoms. The molecule has 3 rings (SSSR count). The molecule has 2 N–H and O–H groups in total. The van der Waals surface area contributed by atoms with E-state index in [9.17, 15) is 0 Å². The van der Waals surface area contributed by atoms with Gasteiger partial charge in [0.1, 0.15) is 5.82 Å². The second kappa shape index (κ2) is 4.10. The normalized spacial score (nSPS) is 17.6. The van der Waals surface area contributed by atoms with Crippen LogP contribution in [-0.2, 0) is 25.7 Å². The van der Waals surface area contributed by atoms with Crippen molar-refractivity contribution in [3.05, 3.63) is 47.2 Å². The highest BCUT2D eigenvalue weighted by molar-refractivity contribution is 5.48. The van der Waals surface area contributed by atoms with Crippen LogP contribution in [0.5, 0.6) is 0 Å². The molecule has 0 saturated carbocycles. The van der Waals surface area contributed by atoms with Gasteiger partial charge in [0.05, 0.1) is 11.2 Å². The largest absolute Gasteiger partial charge is 0.384 e. The summed E-state index contributed by atoms with van der Waals surface area (Å²) in [6, 6.07) is 10.5. The molecule has 4 heteroatoms. The van der Waals surface area contributed by atoms with Crippen molar-refractivity contribution < 1.29 is 0 Å². The lowest BCUT2D eigenvalue weighted by Crippen LogP contribution is -2.35. The molecular weight excluding hydrogens is 236 g/mol. The number of nitrogens with zero attached hydrogens (tertiary/aromatic N) is 3. The highest BCUT2D eigenvalue weighted by Crippen LogP contribution is 2.41. The van der Waals surface area contributed by atoms with Gasteiger partial charge >= 0.3 is 0 Å². The summed E-state index contributed by atoms with van der Waals surface area (Å²) in [5.41, 5.74) is 9.66. The van der Waals surface area contributed by atoms with Crippen molar-refractivity contribution in [1.82, 2.24) is 14.7 Å². The minimum atomic E-state index is -0.0689. The van der Waals surface area contributed by atoms with Gasteiger partial charge in [-0.05, 0) is 19.4 Å². The Kier molecular flexibility index (Phi) is 2.64. The number of fused-ring (bicyclic) bond motifs is 1. The molecule has 0 saturated heterocycles. The highest BCUT2D eigenvalue weighted by atomic mass is 15.3. The summed E-state index contributed by atoms with van der Waals surface area (Å²) in [4.78, 5) is 2.43. The van der Waals surface area contributed by atoms with Gasteiger partial charge in [0.25, 0.3) is 0 Å². The number of hydrogen-bond acceptors (Lipinski definition) is 3. The highest BCUT2D eigenvalue weighted by Gasteiger charge is 2.41. The van der Waals surface area contributed by atoms with Crippen molar-refractivity contribution in [2.75, 3.05) is 5.73 Å². The van der Waals surface area contributed by atoms with E-state index in [1.54, 1.807) is 4.68 Å². The van der Waals surface area contributed by atoms with Gasteiger partial charge in [-0.1, -0.05) is 30.3 Å². The van der Waals surface area contributed by atoms with Crippen LogP contribution in [0.2, 0.25) is 0 Å². The second-order valence-corrected chi connectivity index (χ2v) is 5.74. The summed E-state index contributed by atoms with van der Waals surface area (Å²) < 4.78 is 1.78. The summed E-state index contributed by atoms with van der Waals surface area (Å²) in [5.74, 6) is 0.790. The van der Waals surface area contributed by atoms with Gasteiger partial charge in [0.2, 0.25) is 0 Å². The number of aromatic nitrogens is 2. The molecule has 0 amide bonds. The fourth-order valence-electron chi connectivity index (χ4n) is 2.82. The van der Waals surface area contributed by atoms with Crippen molar-refractivity contribution in [2.24, 2.45) is 7.05 Å². The molecule has 1 aromatic heterocycles. The third-order valence-electron chi connectivity index (χ3n) is 4.13. The lowest BCUT2D eigenvalue weighted by atomic mass is 10.0. The molecule has 1 aromatic carbocycles. The molecule has 1 aliphatic heterocycles. The van der Waals surface area contributed by atoms with Crippen molar-refractivity contribution in [1.29, 1.82) is 0 Å². The average Bonchev–Trinajstić information content (AvgIpc) is 2.79. The van der Waals surface area contributed by atoms with Crippen molar-refractivity contribution >= 4 is 5.82 Å². The van der Waals surface area contributed by atoms with E-state index in [1.165, 1.54) is 11.1 Å². The Balaban J connectivity index is 1.91. The zero-order valence-corrected chi connectivity index (χ0v) is 11.7. The first kappa shape index (κ1) is 12.2. The third-order valence-corrected chi connectivity index (χ3v) is 4.13. The average molecular weight is 256 g/mol. The molecule has 0 fully saturated rings. The lowest BCUT2D eigenvalue weighted by Gasteiger charge is -2.31. The summed E-state index contributed by atoms with van der Waals surface area (Å²) in [5, 5.41) is 4.59. The smallest absolute Gasteiger partial charge is 0.126 e. The van der Waals surface area contributed by atoms with E-state index < -0.39 is 0 Å². The van der Waals surface area contributed by atoms with E-state index in [1.807, 2.05) is 13.1 Å². The molecule has 4 nitrogen and oxygen atoms in total. The molecule has 2 heterocycles. The molecule has 0 radical (unpaired) electrons. The van der Waals surface area contributed by atoms with Gasteiger partial charge in [0.15, 0.2) is 0 Å². The maximum absolute atomic E-state index is 6.10. The first-order chi connectivity index (χ1) is 9.00. The molecule has 1 aliphatic rings. The number of nitrogen functional groups attached to an aromatic ring is 1. The Morgan fingerprint density at radius 2 is 1.95 bits per heavy atom. The zero-order chi connectivity index (χ0) is 13.6. The lowest BCUT2D eigenvalue weighted by molar-refractivity contribution is 0.123. The Morgan fingerprint density at radius 3 is 2.58 bits per heavy atom. The maximum atomic E-state index is 6.10. The van der Waals surface area contributed by atoms with Crippen LogP contribution in [0.25, 0.3) is 0 Å². The van der Waals surface area contributed by atoms with Crippen LogP contribution < -0.4 is 5.73 Å². The predicted molar refractivity (Wildman–Crippen MR) is 76.3 cm³/mol. The predicted octanol–water partition coefficient (Wildman–Crippen LogP) is 2.25. The molecule has 0 aliphatic carbocycles. The molecule has 0 unspecified atom stereocenters. The summed E-state index contributed by atoms with van der Waals surface area (Å²) in [7, 11) is 1.91. The van der Waals surface area contributed by atoms with E-state index in [0.717, 1.165) is 24.6 Å². The molecule has 2 aromatic rings. The standard InChI is InChI=1S/C15H20N4/c1-15(2)13-12(14(16)18(3)17-13)10-19(15)9-11-7-5-4-6-8-11/h4-8H,9-10,16H2,1-3H3. The van der Waals surface area contributed by atoms with Gasteiger partial charge in [-0.2, -0.15) is 5.10 Å². The summed E-state index contributed by atoms with van der Waals surface area (Å²) >= 11 is 0. The number of hydrogen-bond donors (Lipinski definition) is 1. The number of nitrogens with two attached hydrogens (primary N) is 1. The van der Waals surface area contributed by atoms with Crippen molar-refractivity contribution in [2.45, 2.75) is 32.5 Å². The van der Waals surface area contributed by atoms with E-state index in [4.69, 9.17) is 5.73 Å². The van der Waals surface area contributed by atoms with Gasteiger partial charge in [-0.25, -0.2) is 0 Å². The minimum absolute atomic E-state index is 0.0689. The monoisotopic (exact) mass is 256 g/mol. The second-order valence-electron chi connectivity index (χ2n) is 5.74. The van der Waals surface area contributed by atoms with Crippen LogP contribution in [0.3, 0.4) is 0 Å². The molecule has 0 spiro atoms. The van der Waals surface area contributed by atoms with Crippen LogP contribution in [0.15, 0.2) is 30.3 Å². The zero-order valence-electron chi connectivity index (χ0n) is 11.7. The SMILES string of the molecule is Cn1nc2c(c1N)CN(Cc1ccccc1)C2(C)C. The Hall–Kier alpha value is -1.81. The number of anilines is 1. The summed E-state index contributed by atoms with van der Waals surface area (Å²) in [6.07, 6.45) is 0. The fraction of sp³-hybridized carbons (Fsp3) is 0.400. The number of rotatable bonds is 2. The van der Waals surface area contributed by atoms with Crippen LogP contribution in [0, 0.1) is 0 Å². The van der Waals surface area contributed by atoms with Crippen LogP contribution >= 0.6 is 0 Å². The molecule has 100 valence electrons. The van der Waals surface area contributed by atoms with Crippen LogP contribution in [0.4, 0.5) is 5.82 Å². The topological polar surface area (TPSA) is 47.1 Å². The van der Waals surface area contributed by atoms with E-state index in [2.05, 4.69) is 48.1 Å². The van der Waals surface area contributed by atoms with Crippen LogP contribution in [-0.4, -0.2) is 14.7 Å². The Bertz CT molecular complexity index is 598. The van der Waals surface area contributed by atoms with Gasteiger partial charge in [0, 0.05) is 25.7 Å². The van der Waals surface area contributed by atoms with Crippen LogP contribution in [0.1, 0.15) is 30.7 Å². The van der Waals surface area contributed by atoms with E-state index in [-0.39, 0.29) is 5.54 Å². The van der Waals surface area contributed by atoms with E-state index in [0.29, 0.717) is 0 Å². The van der Waals surface area contributed by atoms with Gasteiger partial charge in [-0.15, -0.1) is 0 Å². The molecular formula is C15H20N4. The maximum Gasteiger partial charge on any atom is 0.126 e. The van der Waals surface area contributed by atoms with Gasteiger partial charge in [-0.3, -0.25) is 9.58 Å². The Morgan fingerprint density at radius 1 is 1.26 bits per heavy atom. The fourth-order valence-corrected chi connectivity index (χ4v) is 2.82. The van der Waals surface area contributed by atoms with E-state index >= 15 is 0 Å². The van der Waals surface area contributed by atoms with Crippen molar-refractivity contribution in [3.8, 4) is 0 Å². The minimum Gasteiger partial charge on any atom is -0.384 e. The molecule has 0 atom stereocenters. The quantitative estimate of drug-likeness (QED) is 0.896. The first-order valence-corrected chi connectivity index (χ1v) is 6.61. The summed E-state index contributed by atoms with van der Waals surface area (Å²) in [6.45, 7) is 6.23. The molecule has 19 heavy (non-hydrogen) atoms. The number of aryl methyl sites for hydroxylation is 1.